The highest BCUT2D eigenvalue weighted by atomic mass is 35.5. The van der Waals surface area contributed by atoms with Crippen molar-refractivity contribution in [2.45, 2.75) is 52.7 Å². The minimum absolute atomic E-state index is 0.156. The molecular weight excluding hydrogens is 346 g/mol. The van der Waals surface area contributed by atoms with Gasteiger partial charge in [-0.2, -0.15) is 0 Å². The molecule has 0 aliphatic heterocycles. The van der Waals surface area contributed by atoms with Gasteiger partial charge in [-0.1, -0.05) is 23.7 Å². The van der Waals surface area contributed by atoms with Crippen molar-refractivity contribution in [1.82, 2.24) is 10.6 Å². The number of alkyl carbamates (subject to hydrolysis) is 2. The molecule has 8 heteroatoms. The van der Waals surface area contributed by atoms with E-state index in [-0.39, 0.29) is 5.96 Å². The van der Waals surface area contributed by atoms with E-state index in [0.29, 0.717) is 10.7 Å². The second kappa shape index (κ2) is 8.20. The SMILES string of the molecule is CC(C)(C)OC(=O)NC(=Nc1ccccc1Cl)NC(=O)OC(C)(C)C. The Bertz CT molecular complexity index is 629. The van der Waals surface area contributed by atoms with Crippen LogP contribution in [0.5, 0.6) is 0 Å². The Morgan fingerprint density at radius 3 is 1.76 bits per heavy atom. The molecule has 138 valence electrons. The average molecular weight is 370 g/mol. The molecule has 0 atom stereocenters. The molecule has 0 heterocycles. The quantitative estimate of drug-likeness (QED) is 0.568. The van der Waals surface area contributed by atoms with Crippen LogP contribution in [0.4, 0.5) is 15.3 Å². The number of para-hydroxylation sites is 1. The number of hydrogen-bond acceptors (Lipinski definition) is 5. The van der Waals surface area contributed by atoms with Gasteiger partial charge >= 0.3 is 12.2 Å². The maximum atomic E-state index is 12.0. The molecule has 0 radical (unpaired) electrons. The maximum absolute atomic E-state index is 12.0. The van der Waals surface area contributed by atoms with Crippen LogP contribution in [0.3, 0.4) is 0 Å². The first-order chi connectivity index (χ1) is 11.4. The van der Waals surface area contributed by atoms with E-state index in [1.807, 2.05) is 0 Å². The second-order valence-electron chi connectivity index (χ2n) is 7.17. The molecule has 0 fully saturated rings. The zero-order valence-corrected chi connectivity index (χ0v) is 16.0. The molecule has 2 N–H and O–H groups in total. The molecular formula is C17H24ClN3O4. The molecule has 7 nitrogen and oxygen atoms in total. The summed E-state index contributed by atoms with van der Waals surface area (Å²) >= 11 is 6.06. The van der Waals surface area contributed by atoms with Crippen LogP contribution in [-0.2, 0) is 9.47 Å². The first kappa shape index (κ1) is 20.8. The largest absolute Gasteiger partial charge is 0.444 e. The number of rotatable bonds is 1. The van der Waals surface area contributed by atoms with Crippen LogP contribution in [0.1, 0.15) is 41.5 Å². The third-order valence-corrected chi connectivity index (χ3v) is 2.64. The number of benzene rings is 1. The summed E-state index contributed by atoms with van der Waals surface area (Å²) in [6.45, 7) is 10.3. The Labute approximate surface area is 152 Å². The lowest BCUT2D eigenvalue weighted by atomic mass is 10.2. The molecule has 0 aliphatic carbocycles. The Morgan fingerprint density at radius 2 is 1.36 bits per heavy atom. The standard InChI is InChI=1S/C17H24ClN3O4/c1-16(2,3)24-14(22)20-13(21-15(23)25-17(4,5)6)19-12-10-8-7-9-11(12)18/h7-10H,1-6H3,(H2,19,20,21,22,23). The first-order valence-electron chi connectivity index (χ1n) is 7.69. The van der Waals surface area contributed by atoms with Crippen molar-refractivity contribution in [2.75, 3.05) is 0 Å². The molecule has 0 aliphatic rings. The van der Waals surface area contributed by atoms with Gasteiger partial charge in [0.05, 0.1) is 10.7 Å². The fourth-order valence-corrected chi connectivity index (χ4v) is 1.73. The lowest BCUT2D eigenvalue weighted by molar-refractivity contribution is 0.0545. The normalized spacial score (nSPS) is 11.3. The summed E-state index contributed by atoms with van der Waals surface area (Å²) in [6, 6.07) is 6.74. The lowest BCUT2D eigenvalue weighted by Crippen LogP contribution is -2.47. The third-order valence-electron chi connectivity index (χ3n) is 2.32. The highest BCUT2D eigenvalue weighted by Crippen LogP contribution is 2.23. The Kier molecular flexibility index (Phi) is 6.81. The molecule has 0 bridgehead atoms. The number of nitrogens with zero attached hydrogens (tertiary/aromatic N) is 1. The lowest BCUT2D eigenvalue weighted by Gasteiger charge is -2.22. The summed E-state index contributed by atoms with van der Waals surface area (Å²) < 4.78 is 10.3. The number of nitrogens with one attached hydrogen (secondary N) is 2. The van der Waals surface area contributed by atoms with Gasteiger partial charge in [0.15, 0.2) is 0 Å². The van der Waals surface area contributed by atoms with Crippen molar-refractivity contribution in [1.29, 1.82) is 0 Å². The van der Waals surface area contributed by atoms with Gasteiger partial charge in [-0.3, -0.25) is 10.6 Å². The zero-order valence-electron chi connectivity index (χ0n) is 15.3. The van der Waals surface area contributed by atoms with Gasteiger partial charge < -0.3 is 9.47 Å². The number of carbonyl (C=O) groups excluding carboxylic acids is 2. The summed E-state index contributed by atoms with van der Waals surface area (Å²) in [4.78, 5) is 28.1. The Hall–Kier alpha value is -2.28. The van der Waals surface area contributed by atoms with Crippen molar-refractivity contribution in [2.24, 2.45) is 4.99 Å². The Balaban J connectivity index is 3.00. The third kappa shape index (κ3) is 8.95. The maximum Gasteiger partial charge on any atom is 0.414 e. The monoisotopic (exact) mass is 369 g/mol. The minimum Gasteiger partial charge on any atom is -0.444 e. The summed E-state index contributed by atoms with van der Waals surface area (Å²) in [7, 11) is 0. The molecule has 2 amide bonds. The summed E-state index contributed by atoms with van der Waals surface area (Å²) in [5, 5.41) is 5.13. The van der Waals surface area contributed by atoms with Crippen LogP contribution >= 0.6 is 11.6 Å². The number of hydrogen-bond donors (Lipinski definition) is 2. The van der Waals surface area contributed by atoms with Gasteiger partial charge in [-0.15, -0.1) is 0 Å². The van der Waals surface area contributed by atoms with Crippen LogP contribution in [0.2, 0.25) is 5.02 Å². The number of guanidine groups is 1. The Morgan fingerprint density at radius 1 is 0.920 bits per heavy atom. The summed E-state index contributed by atoms with van der Waals surface area (Å²) in [6.07, 6.45) is -1.54. The van der Waals surface area contributed by atoms with Crippen molar-refractivity contribution in [3.8, 4) is 0 Å². The molecule has 0 saturated heterocycles. The van der Waals surface area contributed by atoms with Crippen LogP contribution in [0.15, 0.2) is 29.3 Å². The summed E-state index contributed by atoms with van der Waals surface area (Å²) in [5.74, 6) is -0.156. The van der Waals surface area contributed by atoms with E-state index in [4.69, 9.17) is 21.1 Å². The minimum atomic E-state index is -0.769. The molecule has 0 spiro atoms. The molecule has 0 aromatic heterocycles. The van der Waals surface area contributed by atoms with Gasteiger partial charge in [0, 0.05) is 0 Å². The first-order valence-corrected chi connectivity index (χ1v) is 8.07. The van der Waals surface area contributed by atoms with Crippen molar-refractivity contribution < 1.29 is 19.1 Å². The van der Waals surface area contributed by atoms with Crippen LogP contribution in [0, 0.1) is 0 Å². The number of amides is 2. The van der Waals surface area contributed by atoms with E-state index < -0.39 is 23.4 Å². The predicted octanol–water partition coefficient (Wildman–Crippen LogP) is 4.38. The summed E-state index contributed by atoms with van der Waals surface area (Å²) in [5.41, 5.74) is -1.04. The van der Waals surface area contributed by atoms with Crippen molar-refractivity contribution in [3.63, 3.8) is 0 Å². The van der Waals surface area contributed by atoms with E-state index >= 15 is 0 Å². The molecule has 1 aromatic rings. The number of halogens is 1. The number of ether oxygens (including phenoxy) is 2. The van der Waals surface area contributed by atoms with E-state index in [0.717, 1.165) is 0 Å². The zero-order chi connectivity index (χ0) is 19.3. The fourth-order valence-electron chi connectivity index (χ4n) is 1.55. The van der Waals surface area contributed by atoms with Gasteiger partial charge in [0.25, 0.3) is 0 Å². The highest BCUT2D eigenvalue weighted by molar-refractivity contribution is 6.33. The van der Waals surface area contributed by atoms with Crippen molar-refractivity contribution >= 4 is 35.4 Å². The van der Waals surface area contributed by atoms with E-state index in [2.05, 4.69) is 15.6 Å². The van der Waals surface area contributed by atoms with Crippen LogP contribution in [-0.4, -0.2) is 29.3 Å². The van der Waals surface area contributed by atoms with Crippen LogP contribution < -0.4 is 10.6 Å². The molecule has 1 rings (SSSR count). The van der Waals surface area contributed by atoms with Crippen molar-refractivity contribution in [3.05, 3.63) is 29.3 Å². The molecule has 0 saturated carbocycles. The van der Waals surface area contributed by atoms with Gasteiger partial charge in [0.2, 0.25) is 5.96 Å². The predicted molar refractivity (Wildman–Crippen MR) is 97.3 cm³/mol. The molecule has 25 heavy (non-hydrogen) atoms. The average Bonchev–Trinajstić information content (AvgIpc) is 2.36. The highest BCUT2D eigenvalue weighted by Gasteiger charge is 2.21. The fraction of sp³-hybridized carbons (Fsp3) is 0.471. The van der Waals surface area contributed by atoms with E-state index in [1.165, 1.54) is 0 Å². The van der Waals surface area contributed by atoms with E-state index in [1.54, 1.807) is 65.8 Å². The molecule has 1 aromatic carbocycles. The number of aliphatic imine (C=N–C) groups is 1. The molecule has 0 unspecified atom stereocenters. The van der Waals surface area contributed by atoms with E-state index in [9.17, 15) is 9.59 Å². The van der Waals surface area contributed by atoms with Gasteiger partial charge in [-0.25, -0.2) is 14.6 Å². The topological polar surface area (TPSA) is 89.0 Å². The van der Waals surface area contributed by atoms with Gasteiger partial charge in [-0.05, 0) is 53.7 Å². The van der Waals surface area contributed by atoms with Gasteiger partial charge in [0.1, 0.15) is 11.2 Å². The number of carbonyl (C=O) groups is 2. The second-order valence-corrected chi connectivity index (χ2v) is 7.57. The van der Waals surface area contributed by atoms with Crippen LogP contribution in [0.25, 0.3) is 0 Å². The smallest absolute Gasteiger partial charge is 0.414 e.